The number of rotatable bonds is 2. The van der Waals surface area contributed by atoms with Gasteiger partial charge in [-0.2, -0.15) is 0 Å². The molecule has 6 nitrogen and oxygen atoms in total. The number of amidine groups is 1. The molecule has 3 aliphatic rings. The van der Waals surface area contributed by atoms with Crippen molar-refractivity contribution >= 4 is 11.8 Å². The quantitative estimate of drug-likeness (QED) is 0.841. The molecule has 6 heteroatoms. The number of esters is 1. The number of carbonyl (C=O) groups is 1. The van der Waals surface area contributed by atoms with Crippen LogP contribution in [0.1, 0.15) is 11.7 Å². The minimum absolute atomic E-state index is 0.156. The topological polar surface area (TPSA) is 57.2 Å². The van der Waals surface area contributed by atoms with Gasteiger partial charge in [0.05, 0.1) is 19.2 Å². The zero-order chi connectivity index (χ0) is 16.7. The second-order valence-electron chi connectivity index (χ2n) is 5.89. The molecule has 0 spiro atoms. The van der Waals surface area contributed by atoms with Crippen molar-refractivity contribution in [3.8, 4) is 0 Å². The summed E-state index contributed by atoms with van der Waals surface area (Å²) in [6, 6.07) is 10.0. The lowest BCUT2D eigenvalue weighted by atomic mass is 9.93. The maximum Gasteiger partial charge on any atom is 0.336 e. The molecule has 4 rings (SSSR count). The predicted octanol–water partition coefficient (Wildman–Crippen LogP) is 1.73. The minimum atomic E-state index is -0.311. The number of methoxy groups -OCH3 is 1. The molecule has 0 saturated carbocycles. The number of hydrogen-bond donors (Lipinski definition) is 1. The van der Waals surface area contributed by atoms with Crippen molar-refractivity contribution in [2.45, 2.75) is 6.17 Å². The first kappa shape index (κ1) is 14.7. The maximum atomic E-state index is 12.2. The van der Waals surface area contributed by atoms with Gasteiger partial charge in [-0.25, -0.2) is 15.2 Å². The number of benzene rings is 1. The highest BCUT2D eigenvalue weighted by atomic mass is 16.5. The van der Waals surface area contributed by atoms with Crippen LogP contribution in [-0.2, 0) is 9.53 Å². The number of ether oxygens (including phenoxy) is 1. The third-order valence-corrected chi connectivity index (χ3v) is 4.31. The van der Waals surface area contributed by atoms with Crippen LogP contribution < -0.4 is 5.43 Å². The number of nitrogens with zero attached hydrogens (tertiary/aromatic N) is 3. The summed E-state index contributed by atoms with van der Waals surface area (Å²) in [4.78, 5) is 19.0. The van der Waals surface area contributed by atoms with Crippen LogP contribution in [0.2, 0.25) is 0 Å². The van der Waals surface area contributed by atoms with Crippen LogP contribution in [0.5, 0.6) is 0 Å². The molecule has 0 aliphatic carbocycles. The summed E-state index contributed by atoms with van der Waals surface area (Å²) in [5, 5.41) is 1.92. The molecule has 1 aromatic carbocycles. The second kappa shape index (κ2) is 5.65. The predicted molar refractivity (Wildman–Crippen MR) is 90.5 cm³/mol. The number of fused-ring (bicyclic) bond motifs is 3. The second-order valence-corrected chi connectivity index (χ2v) is 5.89. The van der Waals surface area contributed by atoms with E-state index < -0.39 is 0 Å². The number of aliphatic imine (C=N–C) groups is 1. The number of hydrogen-bond acceptors (Lipinski definition) is 6. The van der Waals surface area contributed by atoms with E-state index in [-0.39, 0.29) is 12.1 Å². The van der Waals surface area contributed by atoms with Crippen molar-refractivity contribution in [2.75, 3.05) is 20.7 Å². The Balaban J connectivity index is 1.76. The Bertz CT molecular complexity index is 808. The highest BCUT2D eigenvalue weighted by molar-refractivity contribution is 6.09. The average molecular weight is 322 g/mol. The zero-order valence-corrected chi connectivity index (χ0v) is 13.6. The van der Waals surface area contributed by atoms with Crippen molar-refractivity contribution in [2.24, 2.45) is 4.99 Å². The lowest BCUT2D eigenvalue weighted by molar-refractivity contribution is -0.136. The normalized spacial score (nSPS) is 22.0. The van der Waals surface area contributed by atoms with Gasteiger partial charge in [-0.3, -0.25) is 5.01 Å². The molecule has 0 fully saturated rings. The Labute approximate surface area is 140 Å². The molecular weight excluding hydrogens is 304 g/mol. The van der Waals surface area contributed by atoms with Crippen LogP contribution in [0.15, 0.2) is 70.5 Å². The van der Waals surface area contributed by atoms with E-state index in [9.17, 15) is 4.79 Å². The van der Waals surface area contributed by atoms with E-state index in [4.69, 9.17) is 9.73 Å². The highest BCUT2D eigenvalue weighted by Gasteiger charge is 2.37. The van der Waals surface area contributed by atoms with Crippen LogP contribution in [0.4, 0.5) is 0 Å². The molecule has 1 unspecified atom stereocenters. The Morgan fingerprint density at radius 3 is 2.88 bits per heavy atom. The first-order valence-corrected chi connectivity index (χ1v) is 7.78. The monoisotopic (exact) mass is 322 g/mol. The number of carbonyl (C=O) groups excluding carboxylic acids is 1. The lowest BCUT2D eigenvalue weighted by Gasteiger charge is -2.32. The molecule has 1 aromatic rings. The van der Waals surface area contributed by atoms with Crippen molar-refractivity contribution < 1.29 is 9.53 Å². The van der Waals surface area contributed by atoms with Crippen LogP contribution in [0.25, 0.3) is 0 Å². The largest absolute Gasteiger partial charge is 0.466 e. The molecule has 0 aromatic heterocycles. The number of nitrogens with one attached hydrogen (secondary N) is 1. The third kappa shape index (κ3) is 2.32. The van der Waals surface area contributed by atoms with Crippen molar-refractivity contribution in [1.29, 1.82) is 0 Å². The molecule has 0 saturated heterocycles. The van der Waals surface area contributed by atoms with Gasteiger partial charge in [0, 0.05) is 30.6 Å². The van der Waals surface area contributed by atoms with Crippen molar-refractivity contribution in [1.82, 2.24) is 15.3 Å². The smallest absolute Gasteiger partial charge is 0.336 e. The molecule has 3 heterocycles. The summed E-state index contributed by atoms with van der Waals surface area (Å²) in [7, 11) is 3.36. The van der Waals surface area contributed by atoms with Gasteiger partial charge >= 0.3 is 5.97 Å². The SMILES string of the molecule is COC(=O)C1=C2C=CN(C)C=C2C2=NC(c3ccccc3)NN2C1. The molecule has 24 heavy (non-hydrogen) atoms. The summed E-state index contributed by atoms with van der Waals surface area (Å²) in [6.45, 7) is 0.426. The Kier molecular flexibility index (Phi) is 3.46. The van der Waals surface area contributed by atoms with Crippen molar-refractivity contribution in [3.63, 3.8) is 0 Å². The van der Waals surface area contributed by atoms with Gasteiger partial charge in [-0.1, -0.05) is 30.3 Å². The molecular formula is C18H18N4O2. The van der Waals surface area contributed by atoms with E-state index in [0.29, 0.717) is 12.1 Å². The van der Waals surface area contributed by atoms with Crippen LogP contribution in [0.3, 0.4) is 0 Å². The summed E-state index contributed by atoms with van der Waals surface area (Å²) in [5.41, 5.74) is 6.90. The highest BCUT2D eigenvalue weighted by Crippen LogP contribution is 2.34. The van der Waals surface area contributed by atoms with Gasteiger partial charge in [0.15, 0.2) is 0 Å². The fourth-order valence-electron chi connectivity index (χ4n) is 3.13. The van der Waals surface area contributed by atoms with Gasteiger partial charge in [0.2, 0.25) is 0 Å². The van der Waals surface area contributed by atoms with E-state index in [0.717, 1.165) is 22.5 Å². The molecule has 1 N–H and O–H groups in total. The summed E-state index contributed by atoms with van der Waals surface area (Å²) in [5.74, 6) is 0.539. The Morgan fingerprint density at radius 1 is 1.33 bits per heavy atom. The van der Waals surface area contributed by atoms with Gasteiger partial charge in [0.25, 0.3) is 0 Å². The van der Waals surface area contributed by atoms with Gasteiger partial charge in [0.1, 0.15) is 12.0 Å². The summed E-state index contributed by atoms with van der Waals surface area (Å²) >= 11 is 0. The van der Waals surface area contributed by atoms with E-state index in [2.05, 4.69) is 5.43 Å². The van der Waals surface area contributed by atoms with Crippen LogP contribution in [-0.4, -0.2) is 42.4 Å². The Hall–Kier alpha value is -2.86. The molecule has 0 radical (unpaired) electrons. The first-order chi connectivity index (χ1) is 11.7. The number of allylic oxidation sites excluding steroid dienone is 1. The molecule has 122 valence electrons. The van der Waals surface area contributed by atoms with Crippen LogP contribution in [0, 0.1) is 0 Å². The van der Waals surface area contributed by atoms with E-state index >= 15 is 0 Å². The fraction of sp³-hybridized carbons (Fsp3) is 0.222. The first-order valence-electron chi connectivity index (χ1n) is 7.78. The molecule has 1 atom stereocenters. The van der Waals surface area contributed by atoms with Crippen molar-refractivity contribution in [3.05, 3.63) is 71.1 Å². The Morgan fingerprint density at radius 2 is 2.12 bits per heavy atom. The summed E-state index contributed by atoms with van der Waals surface area (Å²) in [6.07, 6.45) is 5.70. The van der Waals surface area contributed by atoms with E-state index in [1.165, 1.54) is 7.11 Å². The van der Waals surface area contributed by atoms with Gasteiger partial charge < -0.3 is 9.64 Å². The minimum Gasteiger partial charge on any atom is -0.466 e. The summed E-state index contributed by atoms with van der Waals surface area (Å²) < 4.78 is 4.96. The average Bonchev–Trinajstić information content (AvgIpc) is 3.05. The lowest BCUT2D eigenvalue weighted by Crippen LogP contribution is -2.45. The van der Waals surface area contributed by atoms with Gasteiger partial charge in [-0.05, 0) is 11.6 Å². The zero-order valence-electron chi connectivity index (χ0n) is 13.6. The van der Waals surface area contributed by atoms with E-state index in [1.54, 1.807) is 0 Å². The maximum absolute atomic E-state index is 12.2. The van der Waals surface area contributed by atoms with Gasteiger partial charge in [-0.15, -0.1) is 0 Å². The molecule has 3 aliphatic heterocycles. The third-order valence-electron chi connectivity index (χ3n) is 4.31. The van der Waals surface area contributed by atoms with E-state index in [1.807, 2.05) is 65.8 Å². The number of hydrazine groups is 1. The molecule has 0 bridgehead atoms. The standard InChI is InChI=1S/C18H18N4O2/c1-21-9-8-13-14(10-21)17-19-16(12-6-4-3-5-7-12)20-22(17)11-15(13)18(23)24-2/h3-10,16,20H,11H2,1-2H3. The van der Waals surface area contributed by atoms with Crippen LogP contribution >= 0.6 is 0 Å². The molecule has 0 amide bonds. The fourth-order valence-corrected chi connectivity index (χ4v) is 3.13.